The molecule has 0 aliphatic heterocycles. The molecule has 0 aliphatic rings. The van der Waals surface area contributed by atoms with Gasteiger partial charge < -0.3 is 34.3 Å². The molecule has 6 heteroatoms. The van der Waals surface area contributed by atoms with Gasteiger partial charge in [-0.1, -0.05) is 149 Å². The molecular formula is C55H60Cl2O2P2. The van der Waals surface area contributed by atoms with E-state index in [-0.39, 0.29) is 30.2 Å². The van der Waals surface area contributed by atoms with Crippen molar-refractivity contribution in [2.45, 2.75) is 58.8 Å². The van der Waals surface area contributed by atoms with Crippen LogP contribution >= 0.6 is 14.5 Å². The number of halogens is 2. The lowest BCUT2D eigenvalue weighted by Gasteiger charge is -2.42. The Morgan fingerprint density at radius 1 is 0.443 bits per heavy atom. The van der Waals surface area contributed by atoms with Crippen LogP contribution in [-0.2, 0) is 0 Å². The molecule has 7 aromatic rings. The third-order valence-electron chi connectivity index (χ3n) is 11.9. The molecule has 7 rings (SSSR count). The zero-order valence-corrected chi connectivity index (χ0v) is 39.5. The number of benzene rings is 7. The van der Waals surface area contributed by atoms with Gasteiger partial charge in [0, 0.05) is 0 Å². The zero-order chi connectivity index (χ0) is 41.1. The standard InChI is InChI=1S/C55H60O2P2.2ClH/c1-43(2)25-24-26-44(3)39-40-57-53-42-52(54(56-5)41-45(53)4)55(58(46-27-12-6-13-28-46,47-29-14-7-15-30-47)48-31-16-8-17-32-48)59(49-33-18-9-19-34-49,50-35-20-10-21-36-50)51-37-22-11-23-38-51;;/h6-23,27-38,41-44,55H,24-26,39-40H2,1-5H3;2*1H/q+2;;/p-2. The molecule has 0 saturated carbocycles. The first-order valence-corrected chi connectivity index (χ1v) is 25.0. The van der Waals surface area contributed by atoms with Gasteiger partial charge in [-0.15, -0.1) is 0 Å². The van der Waals surface area contributed by atoms with E-state index in [1.807, 2.05) is 7.11 Å². The van der Waals surface area contributed by atoms with E-state index < -0.39 is 14.5 Å². The molecule has 0 amide bonds. The second-order valence-electron chi connectivity index (χ2n) is 16.3. The van der Waals surface area contributed by atoms with Gasteiger partial charge >= 0.3 is 0 Å². The van der Waals surface area contributed by atoms with Crippen LogP contribution in [0.25, 0.3) is 0 Å². The summed E-state index contributed by atoms with van der Waals surface area (Å²) < 4.78 is 13.6. The lowest BCUT2D eigenvalue weighted by molar-refractivity contribution is -0.00100. The molecule has 2 nitrogen and oxygen atoms in total. The van der Waals surface area contributed by atoms with Crippen molar-refractivity contribution in [3.05, 3.63) is 205 Å². The highest BCUT2D eigenvalue weighted by molar-refractivity contribution is 8.10. The lowest BCUT2D eigenvalue weighted by atomic mass is 9.98. The van der Waals surface area contributed by atoms with Crippen molar-refractivity contribution in [3.63, 3.8) is 0 Å². The van der Waals surface area contributed by atoms with Crippen LogP contribution in [0.3, 0.4) is 0 Å². The number of hydrogen-bond acceptors (Lipinski definition) is 2. The quantitative estimate of drug-likeness (QED) is 0.0954. The molecule has 0 spiro atoms. The maximum atomic E-state index is 6.95. The van der Waals surface area contributed by atoms with Gasteiger partial charge in [-0.25, -0.2) is 0 Å². The minimum absolute atomic E-state index is 0. The highest BCUT2D eigenvalue weighted by Gasteiger charge is 2.70. The molecule has 7 aromatic carbocycles. The molecule has 61 heavy (non-hydrogen) atoms. The Morgan fingerprint density at radius 3 is 1.10 bits per heavy atom. The van der Waals surface area contributed by atoms with E-state index in [2.05, 4.69) is 222 Å². The largest absolute Gasteiger partial charge is 1.00 e. The van der Waals surface area contributed by atoms with E-state index >= 15 is 0 Å². The van der Waals surface area contributed by atoms with Crippen LogP contribution in [0.1, 0.15) is 63.0 Å². The van der Waals surface area contributed by atoms with Crippen LogP contribution in [0.2, 0.25) is 0 Å². The Bertz CT molecular complexity index is 2010. The minimum Gasteiger partial charge on any atom is -1.00 e. The summed E-state index contributed by atoms with van der Waals surface area (Å²) >= 11 is 0. The van der Waals surface area contributed by atoms with Crippen molar-refractivity contribution in [2.24, 2.45) is 11.8 Å². The number of ether oxygens (including phenoxy) is 2. The summed E-state index contributed by atoms with van der Waals surface area (Å²) in [6.45, 7) is 9.86. The highest BCUT2D eigenvalue weighted by atomic mass is 35.5. The highest BCUT2D eigenvalue weighted by Crippen LogP contribution is 2.85. The molecule has 0 heterocycles. The van der Waals surface area contributed by atoms with Gasteiger partial charge in [-0.2, -0.15) is 0 Å². The molecule has 0 radical (unpaired) electrons. The molecule has 0 bridgehead atoms. The van der Waals surface area contributed by atoms with Crippen molar-refractivity contribution in [1.82, 2.24) is 0 Å². The van der Waals surface area contributed by atoms with Crippen molar-refractivity contribution in [1.29, 1.82) is 0 Å². The van der Waals surface area contributed by atoms with E-state index in [9.17, 15) is 0 Å². The van der Waals surface area contributed by atoms with Gasteiger partial charge in [0.25, 0.3) is 0 Å². The van der Waals surface area contributed by atoms with E-state index in [4.69, 9.17) is 9.47 Å². The molecule has 316 valence electrons. The lowest BCUT2D eigenvalue weighted by Crippen LogP contribution is -3.00. The van der Waals surface area contributed by atoms with Gasteiger partial charge in [0.15, 0.2) is 14.5 Å². The Balaban J connectivity index is 0.00000352. The number of aryl methyl sites for hydroxylation is 1. The fraction of sp³-hybridized carbons (Fsp3) is 0.236. The number of hydrogen-bond donors (Lipinski definition) is 0. The monoisotopic (exact) mass is 884 g/mol. The molecule has 0 aromatic heterocycles. The average molecular weight is 886 g/mol. The molecular weight excluding hydrogens is 825 g/mol. The second-order valence-corrected chi connectivity index (χ2v) is 23.7. The number of methoxy groups -OCH3 is 1. The minimum atomic E-state index is -2.73. The molecule has 0 saturated heterocycles. The first kappa shape index (κ1) is 47.6. The molecule has 1 unspecified atom stereocenters. The first-order valence-electron chi connectivity index (χ1n) is 21.3. The van der Waals surface area contributed by atoms with Gasteiger partial charge in [-0.05, 0) is 116 Å². The summed E-state index contributed by atoms with van der Waals surface area (Å²) in [7, 11) is -3.61. The van der Waals surface area contributed by atoms with E-state index in [1.54, 1.807) is 0 Å². The summed E-state index contributed by atoms with van der Waals surface area (Å²) in [6.07, 6.45) is 4.79. The second kappa shape index (κ2) is 22.6. The van der Waals surface area contributed by atoms with Crippen LogP contribution in [0.15, 0.2) is 194 Å². The summed E-state index contributed by atoms with van der Waals surface area (Å²) in [5.41, 5.74) is 2.26. The Kier molecular flexibility index (Phi) is 17.7. The summed E-state index contributed by atoms with van der Waals surface area (Å²) in [5.74, 6) is 3.16. The van der Waals surface area contributed by atoms with E-state index in [0.29, 0.717) is 12.5 Å². The molecule has 0 aliphatic carbocycles. The van der Waals surface area contributed by atoms with Crippen LogP contribution in [0.5, 0.6) is 11.5 Å². The van der Waals surface area contributed by atoms with Gasteiger partial charge in [-0.3, -0.25) is 0 Å². The summed E-state index contributed by atoms with van der Waals surface area (Å²) in [5, 5.41) is 7.85. The Labute approximate surface area is 379 Å². The van der Waals surface area contributed by atoms with Crippen molar-refractivity contribution >= 4 is 46.4 Å². The normalized spacial score (nSPS) is 12.0. The zero-order valence-electron chi connectivity index (χ0n) is 36.2. The fourth-order valence-corrected chi connectivity index (χ4v) is 22.1. The van der Waals surface area contributed by atoms with Crippen molar-refractivity contribution < 1.29 is 34.3 Å². The maximum Gasteiger partial charge on any atom is 0.225 e. The fourth-order valence-electron chi connectivity index (χ4n) is 9.00. The molecule has 0 fully saturated rings. The Morgan fingerprint density at radius 2 is 0.787 bits per heavy atom. The van der Waals surface area contributed by atoms with E-state index in [0.717, 1.165) is 29.4 Å². The van der Waals surface area contributed by atoms with Gasteiger partial charge in [0.2, 0.25) is 5.40 Å². The number of rotatable bonds is 18. The predicted octanol–water partition coefficient (Wildman–Crippen LogP) is 6.23. The van der Waals surface area contributed by atoms with E-state index in [1.165, 1.54) is 56.7 Å². The van der Waals surface area contributed by atoms with Crippen molar-refractivity contribution in [2.75, 3.05) is 13.7 Å². The average Bonchev–Trinajstić information content (AvgIpc) is 3.29. The van der Waals surface area contributed by atoms with Crippen LogP contribution in [0, 0.1) is 18.8 Å². The van der Waals surface area contributed by atoms with Crippen LogP contribution < -0.4 is 66.1 Å². The third-order valence-corrected chi connectivity index (χ3v) is 22.6. The Hall–Kier alpha value is -4.42. The van der Waals surface area contributed by atoms with Crippen molar-refractivity contribution in [3.8, 4) is 11.5 Å². The maximum absolute atomic E-state index is 6.95. The third kappa shape index (κ3) is 10.1. The van der Waals surface area contributed by atoms with Crippen LogP contribution in [0.4, 0.5) is 0 Å². The van der Waals surface area contributed by atoms with Gasteiger partial charge in [0.1, 0.15) is 43.3 Å². The smallest absolute Gasteiger partial charge is 0.225 e. The van der Waals surface area contributed by atoms with Crippen LogP contribution in [-0.4, -0.2) is 13.7 Å². The molecule has 0 N–H and O–H groups in total. The summed E-state index contributed by atoms with van der Waals surface area (Å²) in [4.78, 5) is 0. The van der Waals surface area contributed by atoms with Gasteiger partial charge in [0.05, 0.1) is 19.3 Å². The SMILES string of the molecule is COc1cc(C)c(OCCC(C)CCCC(C)C)cc1C([P+](c1ccccc1)(c1ccccc1)c1ccccc1)[P+](c1ccccc1)(c1ccccc1)c1ccccc1.[Cl-].[Cl-]. The first-order chi connectivity index (χ1) is 28.9. The summed E-state index contributed by atoms with van der Waals surface area (Å²) in [6, 6.07) is 72.9. The topological polar surface area (TPSA) is 18.5 Å². The predicted molar refractivity (Wildman–Crippen MR) is 259 cm³/mol. The molecule has 1 atom stereocenters.